The Hall–Kier alpha value is -3.11. The average molecular weight is 456 g/mol. The number of alkyl halides is 3. The summed E-state index contributed by atoms with van der Waals surface area (Å²) in [7, 11) is -4.20. The summed E-state index contributed by atoms with van der Waals surface area (Å²) in [6, 6.07) is 12.0. The maximum atomic E-state index is 12.8. The third-order valence-corrected chi connectivity index (χ3v) is 5.44. The summed E-state index contributed by atoms with van der Waals surface area (Å²) in [5, 5.41) is 2.73. The molecule has 0 radical (unpaired) electrons. The Morgan fingerprint density at radius 1 is 0.967 bits per heavy atom. The SMILES string of the molecule is O=C(Nc1cccc(S(=O)(=O)Nc2cccc(C(F)(F)F)c2)c1)c1ccc(Cl)nc1. The number of hydrogen-bond donors (Lipinski definition) is 2. The van der Waals surface area contributed by atoms with Crippen LogP contribution in [0.3, 0.4) is 0 Å². The minimum absolute atomic E-state index is 0.168. The second-order valence-corrected chi connectivity index (χ2v) is 8.11. The van der Waals surface area contributed by atoms with Crippen molar-refractivity contribution in [2.24, 2.45) is 0 Å². The number of halogens is 4. The zero-order valence-corrected chi connectivity index (χ0v) is 16.5. The number of nitrogens with zero attached hydrogens (tertiary/aromatic N) is 1. The molecule has 0 fully saturated rings. The highest BCUT2D eigenvalue weighted by molar-refractivity contribution is 7.92. The first-order chi connectivity index (χ1) is 14.0. The van der Waals surface area contributed by atoms with Crippen LogP contribution in [0.5, 0.6) is 0 Å². The van der Waals surface area contributed by atoms with E-state index in [4.69, 9.17) is 11.6 Å². The predicted octanol–water partition coefficient (Wildman–Crippen LogP) is 4.81. The minimum Gasteiger partial charge on any atom is -0.322 e. The van der Waals surface area contributed by atoms with Gasteiger partial charge in [-0.05, 0) is 48.5 Å². The van der Waals surface area contributed by atoms with Gasteiger partial charge in [-0.15, -0.1) is 0 Å². The molecular formula is C19H13ClF3N3O3S. The van der Waals surface area contributed by atoms with E-state index in [9.17, 15) is 26.4 Å². The molecule has 0 aliphatic heterocycles. The number of amides is 1. The number of rotatable bonds is 5. The lowest BCUT2D eigenvalue weighted by molar-refractivity contribution is -0.137. The van der Waals surface area contributed by atoms with Crippen LogP contribution in [0.2, 0.25) is 5.15 Å². The summed E-state index contributed by atoms with van der Waals surface area (Å²) in [5.74, 6) is -0.542. The molecule has 0 saturated heterocycles. The van der Waals surface area contributed by atoms with E-state index in [1.807, 2.05) is 0 Å². The average Bonchev–Trinajstić information content (AvgIpc) is 2.68. The van der Waals surface area contributed by atoms with Gasteiger partial charge in [-0.25, -0.2) is 13.4 Å². The summed E-state index contributed by atoms with van der Waals surface area (Å²) in [5.41, 5.74) is -0.858. The number of pyridine rings is 1. The number of benzene rings is 2. The van der Waals surface area contributed by atoms with Crippen LogP contribution < -0.4 is 10.0 Å². The Morgan fingerprint density at radius 3 is 2.33 bits per heavy atom. The first-order valence-corrected chi connectivity index (χ1v) is 10.1. The zero-order chi connectivity index (χ0) is 21.9. The van der Waals surface area contributed by atoms with Gasteiger partial charge in [0.15, 0.2) is 0 Å². The first kappa shape index (κ1) is 21.6. The van der Waals surface area contributed by atoms with Gasteiger partial charge in [-0.2, -0.15) is 13.2 Å². The van der Waals surface area contributed by atoms with Crippen LogP contribution in [0.15, 0.2) is 71.8 Å². The Morgan fingerprint density at radius 2 is 1.67 bits per heavy atom. The van der Waals surface area contributed by atoms with Crippen molar-refractivity contribution < 1.29 is 26.4 Å². The zero-order valence-electron chi connectivity index (χ0n) is 14.9. The number of anilines is 2. The molecule has 30 heavy (non-hydrogen) atoms. The maximum absolute atomic E-state index is 12.8. The topological polar surface area (TPSA) is 88.2 Å². The minimum atomic E-state index is -4.61. The molecular weight excluding hydrogens is 443 g/mol. The summed E-state index contributed by atoms with van der Waals surface area (Å²) < 4.78 is 65.7. The molecule has 1 aromatic heterocycles. The van der Waals surface area contributed by atoms with Gasteiger partial charge in [-0.3, -0.25) is 9.52 Å². The molecule has 0 bridgehead atoms. The van der Waals surface area contributed by atoms with E-state index in [1.165, 1.54) is 48.7 Å². The molecule has 0 spiro atoms. The van der Waals surface area contributed by atoms with Crippen molar-refractivity contribution in [1.29, 1.82) is 0 Å². The standard InChI is InChI=1S/C19H13ClF3N3O3S/c20-17-8-7-12(11-24-17)18(27)25-14-4-2-6-16(10-14)30(28,29)26-15-5-1-3-13(9-15)19(21,22)23/h1-11,26H,(H,25,27). The van der Waals surface area contributed by atoms with Crippen LogP contribution in [0.25, 0.3) is 0 Å². The van der Waals surface area contributed by atoms with Crippen molar-refractivity contribution in [3.63, 3.8) is 0 Å². The number of aromatic nitrogens is 1. The molecule has 3 rings (SSSR count). The van der Waals surface area contributed by atoms with Gasteiger partial charge in [-0.1, -0.05) is 23.7 Å². The highest BCUT2D eigenvalue weighted by Crippen LogP contribution is 2.31. The van der Waals surface area contributed by atoms with E-state index in [0.717, 1.165) is 12.1 Å². The van der Waals surface area contributed by atoms with Gasteiger partial charge in [0.05, 0.1) is 16.0 Å². The Kier molecular flexibility index (Phi) is 5.99. The summed E-state index contributed by atoms with van der Waals surface area (Å²) in [4.78, 5) is 15.8. The smallest absolute Gasteiger partial charge is 0.322 e. The van der Waals surface area contributed by atoms with E-state index in [0.29, 0.717) is 6.07 Å². The van der Waals surface area contributed by atoms with E-state index in [-0.39, 0.29) is 27.0 Å². The fourth-order valence-corrected chi connectivity index (χ4v) is 3.63. The predicted molar refractivity (Wildman–Crippen MR) is 106 cm³/mol. The third-order valence-electron chi connectivity index (χ3n) is 3.83. The summed E-state index contributed by atoms with van der Waals surface area (Å²) in [6.45, 7) is 0. The van der Waals surface area contributed by atoms with Crippen molar-refractivity contribution in [2.45, 2.75) is 11.1 Å². The van der Waals surface area contributed by atoms with Crippen LogP contribution >= 0.6 is 11.6 Å². The lowest BCUT2D eigenvalue weighted by Crippen LogP contribution is -2.15. The van der Waals surface area contributed by atoms with E-state index < -0.39 is 27.7 Å². The number of sulfonamides is 1. The van der Waals surface area contributed by atoms with Gasteiger partial charge in [0.25, 0.3) is 15.9 Å². The van der Waals surface area contributed by atoms with Gasteiger partial charge in [0, 0.05) is 17.6 Å². The number of carbonyl (C=O) groups is 1. The summed E-state index contributed by atoms with van der Waals surface area (Å²) in [6.07, 6.45) is -3.35. The fraction of sp³-hybridized carbons (Fsp3) is 0.0526. The summed E-state index contributed by atoms with van der Waals surface area (Å²) >= 11 is 5.67. The van der Waals surface area contributed by atoms with Gasteiger partial charge in [0.1, 0.15) is 5.15 Å². The van der Waals surface area contributed by atoms with Crippen LogP contribution in [0, 0.1) is 0 Å². The van der Waals surface area contributed by atoms with E-state index in [1.54, 1.807) is 0 Å². The van der Waals surface area contributed by atoms with Crippen molar-refractivity contribution >= 4 is 38.9 Å². The maximum Gasteiger partial charge on any atom is 0.416 e. The molecule has 6 nitrogen and oxygen atoms in total. The highest BCUT2D eigenvalue weighted by Gasteiger charge is 2.30. The lowest BCUT2D eigenvalue weighted by Gasteiger charge is -2.12. The Balaban J connectivity index is 1.80. The second kappa shape index (κ2) is 8.33. The molecule has 0 atom stereocenters. The van der Waals surface area contributed by atoms with Gasteiger partial charge in [0.2, 0.25) is 0 Å². The number of hydrogen-bond acceptors (Lipinski definition) is 4. The quantitative estimate of drug-likeness (QED) is 0.540. The molecule has 3 aromatic rings. The molecule has 0 saturated carbocycles. The molecule has 2 aromatic carbocycles. The Labute approximate surface area is 174 Å². The molecule has 156 valence electrons. The number of carbonyl (C=O) groups excluding carboxylic acids is 1. The molecule has 0 aliphatic rings. The van der Waals surface area contributed by atoms with Crippen LogP contribution in [0.4, 0.5) is 24.5 Å². The molecule has 0 aliphatic carbocycles. The normalized spacial score (nSPS) is 11.7. The molecule has 2 N–H and O–H groups in total. The van der Waals surface area contributed by atoms with Gasteiger partial charge >= 0.3 is 6.18 Å². The van der Waals surface area contributed by atoms with Crippen molar-refractivity contribution in [3.8, 4) is 0 Å². The second-order valence-electron chi connectivity index (χ2n) is 6.04. The molecule has 1 amide bonds. The highest BCUT2D eigenvalue weighted by atomic mass is 35.5. The van der Waals surface area contributed by atoms with Gasteiger partial charge < -0.3 is 5.32 Å². The van der Waals surface area contributed by atoms with Crippen LogP contribution in [0.1, 0.15) is 15.9 Å². The van der Waals surface area contributed by atoms with E-state index >= 15 is 0 Å². The van der Waals surface area contributed by atoms with Crippen molar-refractivity contribution in [3.05, 3.63) is 83.1 Å². The molecule has 0 unspecified atom stereocenters. The Bertz CT molecular complexity index is 1180. The molecule has 11 heteroatoms. The van der Waals surface area contributed by atoms with E-state index in [2.05, 4.69) is 15.0 Å². The first-order valence-electron chi connectivity index (χ1n) is 8.28. The van der Waals surface area contributed by atoms with Crippen LogP contribution in [-0.4, -0.2) is 19.3 Å². The number of nitrogens with one attached hydrogen (secondary N) is 2. The molecule has 1 heterocycles. The fourth-order valence-electron chi connectivity index (χ4n) is 2.43. The third kappa shape index (κ3) is 5.28. The lowest BCUT2D eigenvalue weighted by atomic mass is 10.2. The van der Waals surface area contributed by atoms with Crippen LogP contribution in [-0.2, 0) is 16.2 Å². The largest absolute Gasteiger partial charge is 0.416 e. The monoisotopic (exact) mass is 455 g/mol. The van der Waals surface area contributed by atoms with Crippen molar-refractivity contribution in [2.75, 3.05) is 10.0 Å². The van der Waals surface area contributed by atoms with Crippen molar-refractivity contribution in [1.82, 2.24) is 4.98 Å².